The number of benzene rings is 3. The number of nitro groups is 1. The number of halogens is 4. The van der Waals surface area contributed by atoms with Crippen LogP contribution in [0.2, 0.25) is 0 Å². The fraction of sp³-hybridized carbons (Fsp3) is 0.0800. The van der Waals surface area contributed by atoms with Crippen molar-refractivity contribution in [2.75, 3.05) is 5.32 Å². The van der Waals surface area contributed by atoms with Crippen LogP contribution in [0.15, 0.2) is 65.1 Å². The Bertz CT molecular complexity index is 1480. The van der Waals surface area contributed by atoms with Crippen LogP contribution in [0.5, 0.6) is 17.2 Å². The molecule has 0 atom stereocenters. The predicted octanol–water partition coefficient (Wildman–Crippen LogP) is 6.68. The number of non-ortho nitro benzene ring substituents is 1. The highest BCUT2D eigenvalue weighted by Gasteiger charge is 2.22. The zero-order valence-electron chi connectivity index (χ0n) is 18.9. The molecule has 0 aliphatic heterocycles. The molecule has 190 valence electrons. The molecule has 0 bridgehead atoms. The van der Waals surface area contributed by atoms with Gasteiger partial charge in [-0.05, 0) is 36.8 Å². The number of anilines is 1. The average molecular weight is 516 g/mol. The van der Waals surface area contributed by atoms with Gasteiger partial charge < -0.3 is 19.2 Å². The number of nitro benzene ring substituents is 1. The Kier molecular flexibility index (Phi) is 7.09. The van der Waals surface area contributed by atoms with Crippen molar-refractivity contribution in [1.82, 2.24) is 0 Å². The summed E-state index contributed by atoms with van der Waals surface area (Å²) in [4.78, 5) is 23.3. The van der Waals surface area contributed by atoms with Crippen molar-refractivity contribution in [3.05, 3.63) is 111 Å². The third-order valence-electron chi connectivity index (χ3n) is 4.90. The number of furan rings is 1. The molecule has 37 heavy (non-hydrogen) atoms. The largest absolute Gasteiger partial charge is 0.479 e. The summed E-state index contributed by atoms with van der Waals surface area (Å²) in [6, 6.07) is 13.1. The van der Waals surface area contributed by atoms with Crippen LogP contribution in [0.3, 0.4) is 0 Å². The van der Waals surface area contributed by atoms with Crippen molar-refractivity contribution >= 4 is 17.3 Å². The highest BCUT2D eigenvalue weighted by atomic mass is 19.2. The first-order valence-corrected chi connectivity index (χ1v) is 10.5. The number of nitrogens with zero attached hydrogens (tertiary/aromatic N) is 1. The van der Waals surface area contributed by atoms with Gasteiger partial charge in [-0.1, -0.05) is 12.1 Å². The number of amides is 1. The van der Waals surface area contributed by atoms with E-state index in [0.29, 0.717) is 5.75 Å². The van der Waals surface area contributed by atoms with Crippen molar-refractivity contribution in [3.63, 3.8) is 0 Å². The summed E-state index contributed by atoms with van der Waals surface area (Å²) in [6.45, 7) is 1.19. The molecule has 3 aromatic carbocycles. The van der Waals surface area contributed by atoms with Gasteiger partial charge >= 0.3 is 0 Å². The molecule has 8 nitrogen and oxygen atoms in total. The minimum absolute atomic E-state index is 0.0235. The molecule has 1 N–H and O–H groups in total. The van der Waals surface area contributed by atoms with Gasteiger partial charge in [-0.25, -0.2) is 8.78 Å². The van der Waals surface area contributed by atoms with E-state index in [1.54, 1.807) is 18.2 Å². The second-order valence-corrected chi connectivity index (χ2v) is 7.70. The molecule has 12 heteroatoms. The molecular formula is C25H16F4N2O6. The van der Waals surface area contributed by atoms with Crippen LogP contribution >= 0.6 is 0 Å². The Balaban J connectivity index is 1.49. The standard InChI is InChI=1S/C25H16F4N2O6/c1-13-3-2-4-16(7-13)36-18-9-14(8-15(10-18)31(33)34)30-25(32)21-6-5-17(37-21)12-35-24-22(28)19(26)11-20(27)23(24)29/h2-11H,12H2,1H3,(H,30,32). The third kappa shape index (κ3) is 5.86. The lowest BCUT2D eigenvalue weighted by molar-refractivity contribution is -0.384. The van der Waals surface area contributed by atoms with Gasteiger partial charge in [-0.15, -0.1) is 0 Å². The number of rotatable bonds is 8. The Morgan fingerprint density at radius 3 is 2.38 bits per heavy atom. The molecule has 4 aromatic rings. The fourth-order valence-corrected chi connectivity index (χ4v) is 3.23. The Morgan fingerprint density at radius 2 is 1.70 bits per heavy atom. The fourth-order valence-electron chi connectivity index (χ4n) is 3.23. The lowest BCUT2D eigenvalue weighted by Gasteiger charge is -2.09. The zero-order chi connectivity index (χ0) is 26.7. The second kappa shape index (κ2) is 10.4. The van der Waals surface area contributed by atoms with Crippen molar-refractivity contribution in [3.8, 4) is 17.2 Å². The summed E-state index contributed by atoms with van der Waals surface area (Å²) < 4.78 is 69.9. The predicted molar refractivity (Wildman–Crippen MR) is 122 cm³/mol. The van der Waals surface area contributed by atoms with Gasteiger partial charge in [-0.3, -0.25) is 14.9 Å². The smallest absolute Gasteiger partial charge is 0.291 e. The zero-order valence-corrected chi connectivity index (χ0v) is 18.9. The van der Waals surface area contributed by atoms with Crippen LogP contribution in [-0.4, -0.2) is 10.8 Å². The normalized spacial score (nSPS) is 10.7. The van der Waals surface area contributed by atoms with Crippen LogP contribution < -0.4 is 14.8 Å². The molecule has 0 unspecified atom stereocenters. The Morgan fingerprint density at radius 1 is 0.973 bits per heavy atom. The van der Waals surface area contributed by atoms with Gasteiger partial charge in [0, 0.05) is 18.2 Å². The number of aryl methyl sites for hydroxylation is 1. The number of carbonyl (C=O) groups excluding carboxylic acids is 1. The molecular weight excluding hydrogens is 500 g/mol. The quantitative estimate of drug-likeness (QED) is 0.121. The Hall–Kier alpha value is -4.87. The SMILES string of the molecule is Cc1cccc(Oc2cc(NC(=O)c3ccc(COc4c(F)c(F)cc(F)c4F)o3)cc([N+](=O)[O-])c2)c1. The van der Waals surface area contributed by atoms with Gasteiger partial charge in [0.05, 0.1) is 16.7 Å². The number of carbonyl (C=O) groups is 1. The number of nitrogens with one attached hydrogen (secondary N) is 1. The molecule has 0 spiro atoms. The van der Waals surface area contributed by atoms with E-state index >= 15 is 0 Å². The molecule has 0 saturated heterocycles. The first kappa shape index (κ1) is 25.2. The number of ether oxygens (including phenoxy) is 2. The van der Waals surface area contributed by atoms with Gasteiger partial charge in [-0.2, -0.15) is 8.78 Å². The molecule has 1 heterocycles. The maximum Gasteiger partial charge on any atom is 0.291 e. The average Bonchev–Trinajstić information content (AvgIpc) is 3.32. The topological polar surface area (TPSA) is 104 Å². The first-order valence-electron chi connectivity index (χ1n) is 10.5. The molecule has 1 aromatic heterocycles. The Labute approximate surface area is 206 Å². The van der Waals surface area contributed by atoms with Crippen molar-refractivity contribution in [1.29, 1.82) is 0 Å². The second-order valence-electron chi connectivity index (χ2n) is 7.70. The minimum atomic E-state index is -1.72. The number of hydrogen-bond acceptors (Lipinski definition) is 6. The van der Waals surface area contributed by atoms with Crippen molar-refractivity contribution < 1.29 is 41.2 Å². The minimum Gasteiger partial charge on any atom is -0.479 e. The van der Waals surface area contributed by atoms with Gasteiger partial charge in [0.1, 0.15) is 23.9 Å². The van der Waals surface area contributed by atoms with E-state index in [0.717, 1.165) is 11.6 Å². The molecule has 0 fully saturated rings. The molecule has 0 radical (unpaired) electrons. The van der Waals surface area contributed by atoms with E-state index in [2.05, 4.69) is 5.32 Å². The van der Waals surface area contributed by atoms with Crippen LogP contribution in [0.25, 0.3) is 0 Å². The first-order chi connectivity index (χ1) is 17.6. The van der Waals surface area contributed by atoms with Crippen LogP contribution in [0, 0.1) is 40.3 Å². The number of hydrogen-bond donors (Lipinski definition) is 1. The lowest BCUT2D eigenvalue weighted by atomic mass is 10.2. The molecule has 1 amide bonds. The van der Waals surface area contributed by atoms with Crippen molar-refractivity contribution in [2.24, 2.45) is 0 Å². The van der Waals surface area contributed by atoms with Crippen LogP contribution in [-0.2, 0) is 6.61 Å². The van der Waals surface area contributed by atoms with Crippen LogP contribution in [0.1, 0.15) is 21.9 Å². The lowest BCUT2D eigenvalue weighted by Crippen LogP contribution is -2.11. The van der Waals surface area contributed by atoms with Gasteiger partial charge in [0.25, 0.3) is 11.6 Å². The van der Waals surface area contributed by atoms with E-state index < -0.39 is 46.5 Å². The highest BCUT2D eigenvalue weighted by Crippen LogP contribution is 2.31. The van der Waals surface area contributed by atoms with E-state index in [1.165, 1.54) is 24.3 Å². The molecule has 4 rings (SSSR count). The summed E-state index contributed by atoms with van der Waals surface area (Å²) in [7, 11) is 0. The monoisotopic (exact) mass is 516 g/mol. The highest BCUT2D eigenvalue weighted by molar-refractivity contribution is 6.02. The summed E-state index contributed by atoms with van der Waals surface area (Å²) in [5, 5.41) is 13.8. The maximum absolute atomic E-state index is 13.7. The maximum atomic E-state index is 13.7. The summed E-state index contributed by atoms with van der Waals surface area (Å²) in [5.74, 6) is -8.69. The van der Waals surface area contributed by atoms with E-state index in [9.17, 15) is 32.5 Å². The van der Waals surface area contributed by atoms with Crippen LogP contribution in [0.4, 0.5) is 28.9 Å². The van der Waals surface area contributed by atoms with E-state index in [4.69, 9.17) is 13.9 Å². The summed E-state index contributed by atoms with van der Waals surface area (Å²) in [5.41, 5.74) is 0.581. The third-order valence-corrected chi connectivity index (χ3v) is 4.90. The van der Waals surface area contributed by atoms with E-state index in [-0.39, 0.29) is 34.7 Å². The summed E-state index contributed by atoms with van der Waals surface area (Å²) >= 11 is 0. The molecule has 0 saturated carbocycles. The summed E-state index contributed by atoms with van der Waals surface area (Å²) in [6.07, 6.45) is 0. The van der Waals surface area contributed by atoms with Gasteiger partial charge in [0.2, 0.25) is 11.6 Å². The van der Waals surface area contributed by atoms with Crippen molar-refractivity contribution in [2.45, 2.75) is 13.5 Å². The van der Waals surface area contributed by atoms with E-state index in [1.807, 2.05) is 13.0 Å². The molecule has 0 aliphatic carbocycles. The van der Waals surface area contributed by atoms with Gasteiger partial charge in [0.15, 0.2) is 23.1 Å². The molecule has 0 aliphatic rings.